The molecule has 4 N–H and O–H groups in total. The highest BCUT2D eigenvalue weighted by atomic mass is 16.2. The number of nitrogens with one attached hydrogen (secondary N) is 2. The molecule has 2 amide bonds. The zero-order valence-corrected chi connectivity index (χ0v) is 18.9. The second-order valence-corrected chi connectivity index (χ2v) is 9.17. The summed E-state index contributed by atoms with van der Waals surface area (Å²) in [4.78, 5) is 22.2. The Hall–Kier alpha value is -2.83. The standard InChI is InChI=1S/C24H34N6O/c1-4-10-19-28-20-21(17-11-6-7-12-18(17)27-22(20)25)30(19)15-24(13-8-5-9-14-24)29-23(31)26-16(2)3/h6-7,11-12,16H,4-5,8-10,13-15H2,1-3H3,(H2,25,27)(H2,26,29,31). The number of benzene rings is 1. The van der Waals surface area contributed by atoms with Crippen molar-refractivity contribution in [2.24, 2.45) is 0 Å². The van der Waals surface area contributed by atoms with E-state index in [-0.39, 0.29) is 17.6 Å². The number of fused-ring (bicyclic) bond motifs is 3. The van der Waals surface area contributed by atoms with Crippen LogP contribution in [0.2, 0.25) is 0 Å². The minimum absolute atomic E-state index is 0.0931. The first-order valence-electron chi connectivity index (χ1n) is 11.5. The van der Waals surface area contributed by atoms with Crippen LogP contribution in [0.25, 0.3) is 21.9 Å². The van der Waals surface area contributed by atoms with Crippen LogP contribution in [0.3, 0.4) is 0 Å². The van der Waals surface area contributed by atoms with Gasteiger partial charge in [-0.15, -0.1) is 0 Å². The summed E-state index contributed by atoms with van der Waals surface area (Å²) in [7, 11) is 0. The number of pyridine rings is 1. The van der Waals surface area contributed by atoms with E-state index < -0.39 is 0 Å². The second-order valence-electron chi connectivity index (χ2n) is 9.17. The molecule has 1 fully saturated rings. The lowest BCUT2D eigenvalue weighted by Crippen LogP contribution is -2.56. The predicted octanol–water partition coefficient (Wildman–Crippen LogP) is 4.53. The molecule has 0 spiro atoms. The Kier molecular flexibility index (Phi) is 6.03. The number of nitrogens with two attached hydrogens (primary N) is 1. The van der Waals surface area contributed by atoms with Crippen molar-refractivity contribution in [2.75, 3.05) is 5.73 Å². The molecule has 31 heavy (non-hydrogen) atoms. The zero-order valence-electron chi connectivity index (χ0n) is 18.9. The lowest BCUT2D eigenvalue weighted by molar-refractivity contribution is 0.186. The summed E-state index contributed by atoms with van der Waals surface area (Å²) >= 11 is 0. The van der Waals surface area contributed by atoms with Gasteiger partial charge in [0, 0.05) is 24.4 Å². The number of rotatable bonds is 6. The quantitative estimate of drug-likeness (QED) is 0.543. The number of carbonyl (C=O) groups excluding carboxylic acids is 1. The molecule has 7 heteroatoms. The summed E-state index contributed by atoms with van der Waals surface area (Å²) in [5.74, 6) is 1.48. The Morgan fingerprint density at radius 1 is 1.19 bits per heavy atom. The number of para-hydroxylation sites is 1. The van der Waals surface area contributed by atoms with Crippen molar-refractivity contribution in [1.82, 2.24) is 25.2 Å². The van der Waals surface area contributed by atoms with Gasteiger partial charge in [-0.3, -0.25) is 0 Å². The summed E-state index contributed by atoms with van der Waals surface area (Å²) in [5.41, 5.74) is 8.71. The monoisotopic (exact) mass is 422 g/mol. The van der Waals surface area contributed by atoms with Crippen LogP contribution in [0.15, 0.2) is 24.3 Å². The molecule has 4 rings (SSSR count). The highest BCUT2D eigenvalue weighted by molar-refractivity contribution is 6.06. The van der Waals surface area contributed by atoms with E-state index in [0.717, 1.165) is 66.3 Å². The molecule has 166 valence electrons. The number of anilines is 1. The molecule has 1 saturated carbocycles. The van der Waals surface area contributed by atoms with Gasteiger partial charge in [0.1, 0.15) is 11.3 Å². The van der Waals surface area contributed by atoms with Gasteiger partial charge in [-0.1, -0.05) is 44.4 Å². The van der Waals surface area contributed by atoms with Crippen LogP contribution in [-0.2, 0) is 13.0 Å². The van der Waals surface area contributed by atoms with Crippen molar-refractivity contribution in [3.05, 3.63) is 30.1 Å². The number of hydrogen-bond acceptors (Lipinski definition) is 4. The van der Waals surface area contributed by atoms with Crippen LogP contribution >= 0.6 is 0 Å². The number of urea groups is 1. The second kappa shape index (κ2) is 8.73. The third-order valence-electron chi connectivity index (χ3n) is 6.23. The van der Waals surface area contributed by atoms with E-state index in [2.05, 4.69) is 33.2 Å². The van der Waals surface area contributed by atoms with Crippen molar-refractivity contribution in [3.8, 4) is 0 Å². The fraction of sp³-hybridized carbons (Fsp3) is 0.542. The van der Waals surface area contributed by atoms with Crippen molar-refractivity contribution in [3.63, 3.8) is 0 Å². The Balaban J connectivity index is 1.84. The lowest BCUT2D eigenvalue weighted by Gasteiger charge is -2.39. The van der Waals surface area contributed by atoms with Gasteiger partial charge in [0.05, 0.1) is 16.6 Å². The highest BCUT2D eigenvalue weighted by Crippen LogP contribution is 2.34. The molecule has 2 heterocycles. The van der Waals surface area contributed by atoms with E-state index in [1.54, 1.807) is 0 Å². The smallest absolute Gasteiger partial charge is 0.315 e. The fourth-order valence-corrected chi connectivity index (χ4v) is 4.88. The molecule has 1 aromatic carbocycles. The molecule has 3 aromatic rings. The van der Waals surface area contributed by atoms with Crippen molar-refractivity contribution < 1.29 is 4.79 Å². The maximum absolute atomic E-state index is 12.7. The number of nitrogen functional groups attached to an aromatic ring is 1. The number of imidazole rings is 1. The number of carbonyl (C=O) groups is 1. The van der Waals surface area contributed by atoms with E-state index in [1.807, 2.05) is 32.0 Å². The van der Waals surface area contributed by atoms with Gasteiger partial charge in [-0.25, -0.2) is 14.8 Å². The van der Waals surface area contributed by atoms with Gasteiger partial charge in [-0.2, -0.15) is 0 Å². The topological polar surface area (TPSA) is 97.9 Å². The van der Waals surface area contributed by atoms with E-state index >= 15 is 0 Å². The van der Waals surface area contributed by atoms with Crippen LogP contribution in [0, 0.1) is 0 Å². The third kappa shape index (κ3) is 4.31. The molecular weight excluding hydrogens is 388 g/mol. The summed E-state index contributed by atoms with van der Waals surface area (Å²) in [5, 5.41) is 7.41. The van der Waals surface area contributed by atoms with Crippen LogP contribution in [0.5, 0.6) is 0 Å². The zero-order chi connectivity index (χ0) is 22.0. The maximum atomic E-state index is 12.7. The van der Waals surface area contributed by atoms with Gasteiger partial charge in [0.25, 0.3) is 0 Å². The molecule has 0 aliphatic heterocycles. The molecule has 7 nitrogen and oxygen atoms in total. The van der Waals surface area contributed by atoms with Crippen LogP contribution in [-0.4, -0.2) is 32.1 Å². The summed E-state index contributed by atoms with van der Waals surface area (Å²) in [6, 6.07) is 8.09. The Labute approximate surface area is 183 Å². The van der Waals surface area contributed by atoms with Crippen molar-refractivity contribution in [2.45, 2.75) is 83.8 Å². The van der Waals surface area contributed by atoms with E-state index in [0.29, 0.717) is 12.4 Å². The number of hydrogen-bond donors (Lipinski definition) is 3. The molecule has 0 radical (unpaired) electrons. The average Bonchev–Trinajstić information content (AvgIpc) is 3.07. The van der Waals surface area contributed by atoms with E-state index in [1.165, 1.54) is 6.42 Å². The molecule has 1 aliphatic rings. The highest BCUT2D eigenvalue weighted by Gasteiger charge is 2.35. The molecule has 0 saturated heterocycles. The van der Waals surface area contributed by atoms with Crippen LogP contribution < -0.4 is 16.4 Å². The minimum atomic E-state index is -0.299. The van der Waals surface area contributed by atoms with Crippen molar-refractivity contribution >= 4 is 33.8 Å². The number of nitrogens with zero attached hydrogens (tertiary/aromatic N) is 3. The molecule has 1 aliphatic carbocycles. The maximum Gasteiger partial charge on any atom is 0.315 e. The normalized spacial score (nSPS) is 16.1. The minimum Gasteiger partial charge on any atom is -0.382 e. The number of amides is 2. The molecular formula is C24H34N6O. The van der Waals surface area contributed by atoms with Gasteiger partial charge in [0.15, 0.2) is 5.82 Å². The van der Waals surface area contributed by atoms with E-state index in [9.17, 15) is 4.79 Å². The van der Waals surface area contributed by atoms with Gasteiger partial charge < -0.3 is 20.9 Å². The lowest BCUT2D eigenvalue weighted by atomic mass is 9.81. The van der Waals surface area contributed by atoms with Crippen molar-refractivity contribution in [1.29, 1.82) is 0 Å². The Morgan fingerprint density at radius 3 is 2.65 bits per heavy atom. The molecule has 0 atom stereocenters. The summed E-state index contributed by atoms with van der Waals surface area (Å²) in [6.07, 6.45) is 7.20. The number of aromatic nitrogens is 3. The third-order valence-corrected chi connectivity index (χ3v) is 6.23. The molecule has 0 unspecified atom stereocenters. The van der Waals surface area contributed by atoms with Crippen LogP contribution in [0.1, 0.15) is 65.1 Å². The first-order valence-corrected chi connectivity index (χ1v) is 11.5. The summed E-state index contributed by atoms with van der Waals surface area (Å²) < 4.78 is 2.31. The molecule has 2 aromatic heterocycles. The molecule has 0 bridgehead atoms. The van der Waals surface area contributed by atoms with Gasteiger partial charge in [-0.05, 0) is 39.2 Å². The van der Waals surface area contributed by atoms with E-state index in [4.69, 9.17) is 10.7 Å². The van der Waals surface area contributed by atoms with Gasteiger partial charge in [0.2, 0.25) is 0 Å². The first kappa shape index (κ1) is 21.4. The van der Waals surface area contributed by atoms with Crippen LogP contribution in [0.4, 0.5) is 10.6 Å². The Morgan fingerprint density at radius 2 is 1.94 bits per heavy atom. The number of aryl methyl sites for hydroxylation is 1. The SMILES string of the molecule is CCCc1nc2c(N)nc3ccccc3c2n1CC1(NC(=O)NC(C)C)CCCCC1. The predicted molar refractivity (Wildman–Crippen MR) is 126 cm³/mol. The Bertz CT molecular complexity index is 1080. The first-order chi connectivity index (χ1) is 14.9. The average molecular weight is 423 g/mol. The summed E-state index contributed by atoms with van der Waals surface area (Å²) in [6.45, 7) is 6.82. The fourth-order valence-electron chi connectivity index (χ4n) is 4.88. The largest absolute Gasteiger partial charge is 0.382 e. The van der Waals surface area contributed by atoms with Gasteiger partial charge >= 0.3 is 6.03 Å².